The van der Waals surface area contributed by atoms with Crippen molar-refractivity contribution in [3.05, 3.63) is 29.3 Å². The number of anilines is 1. The van der Waals surface area contributed by atoms with Gasteiger partial charge in [-0.25, -0.2) is 8.78 Å². The zero-order chi connectivity index (χ0) is 14.7. The molecule has 1 amide bonds. The Kier molecular flexibility index (Phi) is 4.54. The first kappa shape index (κ1) is 14.7. The SMILES string of the molecule is CCCN1CCN(C(=O)c2cc(F)cc(N)c2F)CC1. The van der Waals surface area contributed by atoms with E-state index in [1.807, 2.05) is 0 Å². The predicted octanol–water partition coefficient (Wildman–Crippen LogP) is 1.71. The number of piperazine rings is 1. The van der Waals surface area contributed by atoms with Crippen molar-refractivity contribution < 1.29 is 13.6 Å². The van der Waals surface area contributed by atoms with Crippen LogP contribution in [0.1, 0.15) is 23.7 Å². The zero-order valence-electron chi connectivity index (χ0n) is 11.5. The highest BCUT2D eigenvalue weighted by atomic mass is 19.1. The molecule has 1 aromatic rings. The molecule has 1 saturated heterocycles. The molecular weight excluding hydrogens is 264 g/mol. The Balaban J connectivity index is 2.09. The fourth-order valence-corrected chi connectivity index (χ4v) is 2.43. The van der Waals surface area contributed by atoms with Crippen molar-refractivity contribution in [1.82, 2.24) is 9.80 Å². The first-order chi connectivity index (χ1) is 9.52. The normalized spacial score (nSPS) is 16.4. The van der Waals surface area contributed by atoms with E-state index in [0.717, 1.165) is 38.2 Å². The molecule has 2 N–H and O–H groups in total. The molecule has 1 aliphatic heterocycles. The number of hydrogen-bond donors (Lipinski definition) is 1. The fraction of sp³-hybridized carbons (Fsp3) is 0.500. The first-order valence-electron chi connectivity index (χ1n) is 6.79. The summed E-state index contributed by atoms with van der Waals surface area (Å²) < 4.78 is 27.1. The van der Waals surface area contributed by atoms with Crippen LogP contribution in [0.15, 0.2) is 12.1 Å². The van der Waals surface area contributed by atoms with Crippen LogP contribution < -0.4 is 5.73 Å². The average molecular weight is 283 g/mol. The molecule has 20 heavy (non-hydrogen) atoms. The lowest BCUT2D eigenvalue weighted by molar-refractivity contribution is 0.0632. The van der Waals surface area contributed by atoms with Crippen molar-refractivity contribution in [3.63, 3.8) is 0 Å². The van der Waals surface area contributed by atoms with E-state index in [2.05, 4.69) is 11.8 Å². The highest BCUT2D eigenvalue weighted by molar-refractivity contribution is 5.95. The van der Waals surface area contributed by atoms with Crippen LogP contribution in [-0.4, -0.2) is 48.4 Å². The molecular formula is C14H19F2N3O. The van der Waals surface area contributed by atoms with Crippen molar-refractivity contribution >= 4 is 11.6 Å². The Morgan fingerprint density at radius 3 is 2.50 bits per heavy atom. The Hall–Kier alpha value is -1.69. The molecule has 0 saturated carbocycles. The minimum absolute atomic E-state index is 0.286. The van der Waals surface area contributed by atoms with Crippen molar-refractivity contribution in [3.8, 4) is 0 Å². The van der Waals surface area contributed by atoms with Crippen LogP contribution >= 0.6 is 0 Å². The van der Waals surface area contributed by atoms with Gasteiger partial charge in [-0.3, -0.25) is 9.69 Å². The molecule has 0 aliphatic carbocycles. The quantitative estimate of drug-likeness (QED) is 0.859. The maximum Gasteiger partial charge on any atom is 0.257 e. The molecule has 4 nitrogen and oxygen atoms in total. The van der Waals surface area contributed by atoms with Gasteiger partial charge in [0, 0.05) is 26.2 Å². The van der Waals surface area contributed by atoms with E-state index in [1.165, 1.54) is 0 Å². The standard InChI is InChI=1S/C14H19F2N3O/c1-2-3-18-4-6-19(7-5-18)14(20)11-8-10(15)9-12(17)13(11)16/h8-9H,2-7,17H2,1H3. The van der Waals surface area contributed by atoms with Gasteiger partial charge in [0.15, 0.2) is 5.82 Å². The fourth-order valence-electron chi connectivity index (χ4n) is 2.43. The average Bonchev–Trinajstić information content (AvgIpc) is 2.43. The van der Waals surface area contributed by atoms with Crippen molar-refractivity contribution in [2.45, 2.75) is 13.3 Å². The summed E-state index contributed by atoms with van der Waals surface area (Å²) in [6.45, 7) is 5.65. The second kappa shape index (κ2) is 6.17. The monoisotopic (exact) mass is 283 g/mol. The molecule has 0 aromatic heterocycles. The van der Waals surface area contributed by atoms with Gasteiger partial charge in [-0.1, -0.05) is 6.92 Å². The minimum Gasteiger partial charge on any atom is -0.396 e. The van der Waals surface area contributed by atoms with Gasteiger partial charge in [0.25, 0.3) is 5.91 Å². The summed E-state index contributed by atoms with van der Waals surface area (Å²) in [7, 11) is 0. The number of benzene rings is 1. The summed E-state index contributed by atoms with van der Waals surface area (Å²) in [6, 6.07) is 1.79. The largest absolute Gasteiger partial charge is 0.396 e. The topological polar surface area (TPSA) is 49.6 Å². The van der Waals surface area contributed by atoms with Crippen LogP contribution in [0.4, 0.5) is 14.5 Å². The number of hydrogen-bond acceptors (Lipinski definition) is 3. The maximum absolute atomic E-state index is 13.8. The highest BCUT2D eigenvalue weighted by Gasteiger charge is 2.25. The predicted molar refractivity (Wildman–Crippen MR) is 73.4 cm³/mol. The van der Waals surface area contributed by atoms with Crippen LogP contribution in [0, 0.1) is 11.6 Å². The van der Waals surface area contributed by atoms with E-state index >= 15 is 0 Å². The van der Waals surface area contributed by atoms with Gasteiger partial charge in [-0.2, -0.15) is 0 Å². The maximum atomic E-state index is 13.8. The summed E-state index contributed by atoms with van der Waals surface area (Å²) in [4.78, 5) is 16.0. The summed E-state index contributed by atoms with van der Waals surface area (Å²) in [5, 5.41) is 0. The second-order valence-electron chi connectivity index (χ2n) is 4.99. The van der Waals surface area contributed by atoms with E-state index in [1.54, 1.807) is 4.90 Å². The van der Waals surface area contributed by atoms with Gasteiger partial charge in [-0.15, -0.1) is 0 Å². The number of carbonyl (C=O) groups is 1. The second-order valence-corrected chi connectivity index (χ2v) is 4.99. The Morgan fingerprint density at radius 2 is 1.90 bits per heavy atom. The van der Waals surface area contributed by atoms with Crippen LogP contribution in [0.25, 0.3) is 0 Å². The van der Waals surface area contributed by atoms with Gasteiger partial charge in [0.2, 0.25) is 0 Å². The third-order valence-corrected chi connectivity index (χ3v) is 3.50. The Labute approximate surface area is 117 Å². The van der Waals surface area contributed by atoms with Gasteiger partial charge in [-0.05, 0) is 25.1 Å². The molecule has 1 aromatic carbocycles. The van der Waals surface area contributed by atoms with E-state index < -0.39 is 17.5 Å². The molecule has 0 spiro atoms. The third-order valence-electron chi connectivity index (χ3n) is 3.50. The van der Waals surface area contributed by atoms with E-state index in [-0.39, 0.29) is 11.3 Å². The molecule has 0 unspecified atom stereocenters. The van der Waals surface area contributed by atoms with Crippen LogP contribution in [0.3, 0.4) is 0 Å². The number of rotatable bonds is 3. The van der Waals surface area contributed by atoms with E-state index in [9.17, 15) is 13.6 Å². The molecule has 1 aliphatic rings. The smallest absolute Gasteiger partial charge is 0.257 e. The molecule has 6 heteroatoms. The molecule has 2 rings (SSSR count). The number of carbonyl (C=O) groups excluding carboxylic acids is 1. The summed E-state index contributed by atoms with van der Waals surface area (Å²) in [5.74, 6) is -2.03. The highest BCUT2D eigenvalue weighted by Crippen LogP contribution is 2.19. The van der Waals surface area contributed by atoms with Crippen LogP contribution in [-0.2, 0) is 0 Å². The van der Waals surface area contributed by atoms with Gasteiger partial charge < -0.3 is 10.6 Å². The van der Waals surface area contributed by atoms with Crippen molar-refractivity contribution in [2.75, 3.05) is 38.5 Å². The number of nitrogen functional groups attached to an aromatic ring is 1. The van der Waals surface area contributed by atoms with E-state index in [0.29, 0.717) is 13.1 Å². The number of halogens is 2. The van der Waals surface area contributed by atoms with Gasteiger partial charge >= 0.3 is 0 Å². The molecule has 0 atom stereocenters. The first-order valence-corrected chi connectivity index (χ1v) is 6.79. The molecule has 1 fully saturated rings. The van der Waals surface area contributed by atoms with Crippen LogP contribution in [0.2, 0.25) is 0 Å². The van der Waals surface area contributed by atoms with Gasteiger partial charge in [0.05, 0.1) is 11.3 Å². The lowest BCUT2D eigenvalue weighted by atomic mass is 10.1. The minimum atomic E-state index is -0.840. The number of amides is 1. The van der Waals surface area contributed by atoms with Gasteiger partial charge in [0.1, 0.15) is 5.82 Å². The molecule has 0 radical (unpaired) electrons. The van der Waals surface area contributed by atoms with Crippen molar-refractivity contribution in [2.24, 2.45) is 0 Å². The van der Waals surface area contributed by atoms with Crippen molar-refractivity contribution in [1.29, 1.82) is 0 Å². The third kappa shape index (κ3) is 3.07. The zero-order valence-corrected chi connectivity index (χ0v) is 11.5. The lowest BCUT2D eigenvalue weighted by Gasteiger charge is -2.34. The summed E-state index contributed by atoms with van der Waals surface area (Å²) in [5.41, 5.74) is 4.74. The summed E-state index contributed by atoms with van der Waals surface area (Å²) in [6.07, 6.45) is 1.06. The number of nitrogens with two attached hydrogens (primary N) is 1. The number of nitrogens with zero attached hydrogens (tertiary/aromatic N) is 2. The lowest BCUT2D eigenvalue weighted by Crippen LogP contribution is -2.49. The van der Waals surface area contributed by atoms with E-state index in [4.69, 9.17) is 5.73 Å². The molecule has 110 valence electrons. The van der Waals surface area contributed by atoms with Crippen LogP contribution in [0.5, 0.6) is 0 Å². The molecule has 1 heterocycles. The molecule has 0 bridgehead atoms. The Bertz CT molecular complexity index is 499. The summed E-state index contributed by atoms with van der Waals surface area (Å²) >= 11 is 0. The Morgan fingerprint density at radius 1 is 1.25 bits per heavy atom.